The van der Waals surface area contributed by atoms with Crippen LogP contribution in [0.3, 0.4) is 0 Å². The van der Waals surface area contributed by atoms with E-state index in [1.54, 1.807) is 12.1 Å². The molecule has 0 aromatic heterocycles. The number of aryl methyl sites for hydroxylation is 1. The average Bonchev–Trinajstić information content (AvgIpc) is 2.79. The molecule has 7 nitrogen and oxygen atoms in total. The summed E-state index contributed by atoms with van der Waals surface area (Å²) in [6.45, 7) is 4.88. The molecule has 1 fully saturated rings. The summed E-state index contributed by atoms with van der Waals surface area (Å²) in [4.78, 5) is 25.5. The third-order valence-corrected chi connectivity index (χ3v) is 9.00. The number of hydrogen-bond acceptors (Lipinski definition) is 5. The van der Waals surface area contributed by atoms with Crippen molar-refractivity contribution in [2.45, 2.75) is 48.3 Å². The van der Waals surface area contributed by atoms with E-state index in [-0.39, 0.29) is 27.9 Å². The number of amides is 2. The maximum atomic E-state index is 13.1. The molecular formula is C23H27N3O4S2. The van der Waals surface area contributed by atoms with Crippen molar-refractivity contribution in [2.75, 3.05) is 18.4 Å². The lowest BCUT2D eigenvalue weighted by atomic mass is 9.97. The second kappa shape index (κ2) is 9.25. The first kappa shape index (κ1) is 22.8. The Morgan fingerprint density at radius 3 is 2.53 bits per heavy atom. The zero-order chi connectivity index (χ0) is 22.9. The third kappa shape index (κ3) is 4.84. The molecule has 9 heteroatoms. The first-order chi connectivity index (χ1) is 15.2. The van der Waals surface area contributed by atoms with Crippen LogP contribution in [0.5, 0.6) is 0 Å². The molecule has 170 valence electrons. The van der Waals surface area contributed by atoms with Gasteiger partial charge in [0.05, 0.1) is 15.8 Å². The maximum absolute atomic E-state index is 13.1. The van der Waals surface area contributed by atoms with Crippen molar-refractivity contribution in [3.8, 4) is 0 Å². The van der Waals surface area contributed by atoms with Crippen molar-refractivity contribution >= 4 is 39.3 Å². The van der Waals surface area contributed by atoms with Crippen molar-refractivity contribution in [2.24, 2.45) is 5.92 Å². The minimum atomic E-state index is -3.69. The Morgan fingerprint density at radius 2 is 1.84 bits per heavy atom. The highest BCUT2D eigenvalue weighted by atomic mass is 32.2. The Morgan fingerprint density at radius 1 is 1.16 bits per heavy atom. The van der Waals surface area contributed by atoms with Crippen LogP contribution < -0.4 is 10.6 Å². The molecule has 0 bridgehead atoms. The topological polar surface area (TPSA) is 95.6 Å². The molecule has 2 aliphatic heterocycles. The van der Waals surface area contributed by atoms with Crippen LogP contribution in [0.4, 0.5) is 5.69 Å². The van der Waals surface area contributed by atoms with Gasteiger partial charge in [0.2, 0.25) is 21.8 Å². The first-order valence-corrected chi connectivity index (χ1v) is 13.0. The van der Waals surface area contributed by atoms with Gasteiger partial charge in [-0.05, 0) is 50.5 Å². The Bertz CT molecular complexity index is 1120. The molecule has 0 saturated carbocycles. The zero-order valence-corrected chi connectivity index (χ0v) is 19.8. The lowest BCUT2D eigenvalue weighted by Crippen LogP contribution is -2.42. The highest BCUT2D eigenvalue weighted by Crippen LogP contribution is 2.37. The van der Waals surface area contributed by atoms with Crippen molar-refractivity contribution in [1.29, 1.82) is 0 Å². The number of piperidine rings is 1. The minimum absolute atomic E-state index is 0.0368. The number of carbonyl (C=O) groups excluding carboxylic acids is 2. The number of anilines is 1. The Hall–Kier alpha value is -2.36. The highest BCUT2D eigenvalue weighted by molar-refractivity contribution is 8.01. The molecule has 1 saturated heterocycles. The SMILES string of the molecule is Cc1ccc(CNC(=O)C2CCN(S(=O)(=O)c3ccc4c(c3)NC(=O)C(C)S4)CC2)cc1. The van der Waals surface area contributed by atoms with Crippen LogP contribution in [0, 0.1) is 12.8 Å². The van der Waals surface area contributed by atoms with Gasteiger partial charge in [-0.2, -0.15) is 4.31 Å². The number of benzene rings is 2. The van der Waals surface area contributed by atoms with E-state index in [2.05, 4.69) is 10.6 Å². The summed E-state index contributed by atoms with van der Waals surface area (Å²) in [7, 11) is -3.69. The number of rotatable bonds is 5. The number of fused-ring (bicyclic) bond motifs is 1. The van der Waals surface area contributed by atoms with Gasteiger partial charge in [-0.3, -0.25) is 9.59 Å². The predicted octanol–water partition coefficient (Wildman–Crippen LogP) is 3.14. The van der Waals surface area contributed by atoms with Crippen molar-refractivity contribution in [3.63, 3.8) is 0 Å². The number of nitrogens with zero attached hydrogens (tertiary/aromatic N) is 1. The van der Waals surface area contributed by atoms with Crippen LogP contribution in [-0.2, 0) is 26.2 Å². The van der Waals surface area contributed by atoms with Gasteiger partial charge in [0.25, 0.3) is 0 Å². The Labute approximate surface area is 193 Å². The van der Waals surface area contributed by atoms with Crippen molar-refractivity contribution in [1.82, 2.24) is 9.62 Å². The predicted molar refractivity (Wildman–Crippen MR) is 125 cm³/mol. The number of carbonyl (C=O) groups is 2. The smallest absolute Gasteiger partial charge is 0.243 e. The van der Waals surface area contributed by atoms with E-state index in [9.17, 15) is 18.0 Å². The summed E-state index contributed by atoms with van der Waals surface area (Å²) in [6.07, 6.45) is 0.960. The monoisotopic (exact) mass is 473 g/mol. The van der Waals surface area contributed by atoms with Crippen LogP contribution >= 0.6 is 11.8 Å². The minimum Gasteiger partial charge on any atom is -0.352 e. The average molecular weight is 474 g/mol. The van der Waals surface area contributed by atoms with Gasteiger partial charge in [-0.15, -0.1) is 11.8 Å². The molecular weight excluding hydrogens is 446 g/mol. The Kier molecular flexibility index (Phi) is 6.60. The first-order valence-electron chi connectivity index (χ1n) is 10.7. The molecule has 4 rings (SSSR count). The van der Waals surface area contributed by atoms with Crippen LogP contribution in [0.25, 0.3) is 0 Å². The summed E-state index contributed by atoms with van der Waals surface area (Å²) in [5, 5.41) is 5.54. The van der Waals surface area contributed by atoms with Crippen LogP contribution in [0.15, 0.2) is 52.3 Å². The van der Waals surface area contributed by atoms with Gasteiger partial charge >= 0.3 is 0 Å². The molecule has 0 aliphatic carbocycles. The molecule has 0 radical (unpaired) electrons. The second-order valence-corrected chi connectivity index (χ2v) is 11.6. The summed E-state index contributed by atoms with van der Waals surface area (Å²) in [6, 6.07) is 12.9. The molecule has 32 heavy (non-hydrogen) atoms. The lowest BCUT2D eigenvalue weighted by molar-refractivity contribution is -0.126. The fraction of sp³-hybridized carbons (Fsp3) is 0.391. The fourth-order valence-electron chi connectivity index (χ4n) is 3.90. The van der Waals surface area contributed by atoms with E-state index in [0.29, 0.717) is 38.2 Å². The molecule has 1 atom stereocenters. The zero-order valence-electron chi connectivity index (χ0n) is 18.1. The molecule has 2 N–H and O–H groups in total. The standard InChI is InChI=1S/C23H27N3O4S2/c1-15-3-5-17(6-4-15)14-24-23(28)18-9-11-26(12-10-18)32(29,30)19-7-8-21-20(13-19)25-22(27)16(2)31-21/h3-8,13,16,18H,9-12,14H2,1-2H3,(H,24,28)(H,25,27). The van der Waals surface area contributed by atoms with Gasteiger partial charge in [0, 0.05) is 30.4 Å². The van der Waals surface area contributed by atoms with Gasteiger partial charge < -0.3 is 10.6 Å². The van der Waals surface area contributed by atoms with Crippen LogP contribution in [0.2, 0.25) is 0 Å². The normalized spacial score (nSPS) is 19.8. The molecule has 2 heterocycles. The van der Waals surface area contributed by atoms with Crippen molar-refractivity contribution < 1.29 is 18.0 Å². The fourth-order valence-corrected chi connectivity index (χ4v) is 6.32. The molecule has 1 unspecified atom stereocenters. The van der Waals surface area contributed by atoms with Crippen molar-refractivity contribution in [3.05, 3.63) is 53.6 Å². The van der Waals surface area contributed by atoms with E-state index in [1.165, 1.54) is 27.7 Å². The second-order valence-electron chi connectivity index (χ2n) is 8.29. The quantitative estimate of drug-likeness (QED) is 0.696. The lowest BCUT2D eigenvalue weighted by Gasteiger charge is -2.31. The molecule has 0 spiro atoms. The third-order valence-electron chi connectivity index (χ3n) is 5.93. The number of hydrogen-bond donors (Lipinski definition) is 2. The van der Waals surface area contributed by atoms with E-state index in [4.69, 9.17) is 0 Å². The van der Waals surface area contributed by atoms with E-state index >= 15 is 0 Å². The van der Waals surface area contributed by atoms with Crippen LogP contribution in [0.1, 0.15) is 30.9 Å². The molecule has 2 aromatic carbocycles. The van der Waals surface area contributed by atoms with Gasteiger partial charge in [-0.25, -0.2) is 8.42 Å². The Balaban J connectivity index is 1.36. The number of thioether (sulfide) groups is 1. The molecule has 2 aromatic rings. The summed E-state index contributed by atoms with van der Waals surface area (Å²) < 4.78 is 27.7. The number of sulfonamides is 1. The van der Waals surface area contributed by atoms with E-state index < -0.39 is 10.0 Å². The summed E-state index contributed by atoms with van der Waals surface area (Å²) >= 11 is 1.42. The van der Waals surface area contributed by atoms with Gasteiger partial charge in [-0.1, -0.05) is 29.8 Å². The molecule has 2 aliphatic rings. The largest absolute Gasteiger partial charge is 0.352 e. The summed E-state index contributed by atoms with van der Waals surface area (Å²) in [5.41, 5.74) is 2.74. The van der Waals surface area contributed by atoms with Gasteiger partial charge in [0.15, 0.2) is 0 Å². The molecule has 2 amide bonds. The maximum Gasteiger partial charge on any atom is 0.243 e. The van der Waals surface area contributed by atoms with Crippen LogP contribution in [-0.4, -0.2) is 42.9 Å². The van der Waals surface area contributed by atoms with E-state index in [1.807, 2.05) is 38.1 Å². The summed E-state index contributed by atoms with van der Waals surface area (Å²) in [5.74, 6) is -0.368. The van der Waals surface area contributed by atoms with E-state index in [0.717, 1.165) is 10.5 Å². The van der Waals surface area contributed by atoms with Gasteiger partial charge in [0.1, 0.15) is 0 Å². The highest BCUT2D eigenvalue weighted by Gasteiger charge is 2.33. The number of nitrogens with one attached hydrogen (secondary N) is 2.